The highest BCUT2D eigenvalue weighted by Gasteiger charge is 1.81. The summed E-state index contributed by atoms with van der Waals surface area (Å²) in [6.45, 7) is 2.17. The highest BCUT2D eigenvalue weighted by atomic mass is 32.2. The van der Waals surface area contributed by atoms with Gasteiger partial charge in [-0.15, -0.1) is 0 Å². The predicted molar refractivity (Wildman–Crippen MR) is 39.4 cm³/mol. The van der Waals surface area contributed by atoms with Gasteiger partial charge in [0.1, 0.15) is 0 Å². The molecule has 0 aliphatic carbocycles. The van der Waals surface area contributed by atoms with Crippen LogP contribution in [0.1, 0.15) is 19.8 Å². The van der Waals surface area contributed by atoms with Crippen molar-refractivity contribution < 1.29 is 0 Å². The van der Waals surface area contributed by atoms with Crippen molar-refractivity contribution in [3.05, 3.63) is 6.42 Å². The maximum Gasteiger partial charge on any atom is 0.0190 e. The Bertz CT molecular complexity index is 70.9. The van der Waals surface area contributed by atoms with E-state index in [9.17, 15) is 0 Å². The van der Waals surface area contributed by atoms with Crippen LogP contribution in [0, 0.1) is 12.3 Å². The van der Waals surface area contributed by atoms with Gasteiger partial charge in [0.15, 0.2) is 0 Å². The first-order chi connectivity index (χ1) is 3.91. The molecule has 0 saturated carbocycles. The van der Waals surface area contributed by atoms with Crippen molar-refractivity contribution in [2.24, 2.45) is 0 Å². The highest BCUT2D eigenvalue weighted by molar-refractivity contribution is 7.99. The molecule has 0 nitrogen and oxygen atoms in total. The Morgan fingerprint density at radius 2 is 2.25 bits per heavy atom. The molecule has 0 bridgehead atoms. The average Bonchev–Trinajstić information content (AvgIpc) is 1.81. The first-order valence-corrected chi connectivity index (χ1v) is 4.04. The largest absolute Gasteiger partial charge is 0.161 e. The Hall–Kier alpha value is -0.0900. The molecule has 0 aliphatic rings. The number of hydrogen-bond acceptors (Lipinski definition) is 1. The molecule has 0 saturated heterocycles. The molecule has 0 spiro atoms. The summed E-state index contributed by atoms with van der Waals surface area (Å²) in [5.74, 6) is 4.65. The van der Waals surface area contributed by atoms with Crippen molar-refractivity contribution >= 4 is 11.8 Å². The third kappa shape index (κ3) is 5.91. The molecule has 1 radical (unpaired) electrons. The Morgan fingerprint density at radius 1 is 1.50 bits per heavy atom. The van der Waals surface area contributed by atoms with Gasteiger partial charge in [0.2, 0.25) is 0 Å². The Balaban J connectivity index is 2.65. The van der Waals surface area contributed by atoms with Crippen LogP contribution in [0.2, 0.25) is 0 Å². The molecule has 0 aromatic rings. The van der Waals surface area contributed by atoms with Crippen molar-refractivity contribution in [3.63, 3.8) is 0 Å². The van der Waals surface area contributed by atoms with Crippen LogP contribution in [0.25, 0.3) is 0 Å². The van der Waals surface area contributed by atoms with Crippen LogP contribution in [0.15, 0.2) is 0 Å². The lowest BCUT2D eigenvalue weighted by Gasteiger charge is -1.91. The van der Waals surface area contributed by atoms with Crippen molar-refractivity contribution in [1.29, 1.82) is 0 Å². The molecule has 0 amide bonds. The van der Waals surface area contributed by atoms with Gasteiger partial charge in [-0.25, -0.2) is 0 Å². The second kappa shape index (κ2) is 6.91. The summed E-state index contributed by atoms with van der Waals surface area (Å²) in [4.78, 5) is 0. The minimum atomic E-state index is 0.810. The Morgan fingerprint density at radius 3 is 2.75 bits per heavy atom. The molecule has 0 aliphatic heterocycles. The van der Waals surface area contributed by atoms with E-state index < -0.39 is 0 Å². The molecule has 0 rings (SSSR count). The second-order valence-electron chi connectivity index (χ2n) is 1.54. The van der Waals surface area contributed by atoms with E-state index in [1.807, 2.05) is 11.8 Å². The van der Waals surface area contributed by atoms with Gasteiger partial charge >= 0.3 is 0 Å². The van der Waals surface area contributed by atoms with E-state index >= 15 is 0 Å². The van der Waals surface area contributed by atoms with Crippen LogP contribution in [-0.4, -0.2) is 11.5 Å². The van der Waals surface area contributed by atoms with Gasteiger partial charge in [-0.1, -0.05) is 12.8 Å². The molecule has 0 aromatic carbocycles. The molecule has 0 aromatic heterocycles. The average molecular weight is 127 g/mol. The van der Waals surface area contributed by atoms with E-state index in [1.165, 1.54) is 12.2 Å². The lowest BCUT2D eigenvalue weighted by atomic mass is 10.5. The fourth-order valence-corrected chi connectivity index (χ4v) is 1.11. The number of hydrogen-bond donors (Lipinski definition) is 0. The van der Waals surface area contributed by atoms with Crippen LogP contribution in [-0.2, 0) is 0 Å². The van der Waals surface area contributed by atoms with E-state index in [1.54, 1.807) is 0 Å². The third-order valence-corrected chi connectivity index (χ3v) is 1.91. The van der Waals surface area contributed by atoms with Gasteiger partial charge in [-0.3, -0.25) is 0 Å². The summed E-state index contributed by atoms with van der Waals surface area (Å²) < 4.78 is 0. The smallest absolute Gasteiger partial charge is 0.0190 e. The second-order valence-corrected chi connectivity index (χ2v) is 2.76. The van der Waals surface area contributed by atoms with E-state index in [-0.39, 0.29) is 0 Å². The minimum absolute atomic E-state index is 0.810. The number of thioether (sulfide) groups is 1. The van der Waals surface area contributed by atoms with Crippen LogP contribution in [0.4, 0.5) is 0 Å². The molecule has 8 heavy (non-hydrogen) atoms. The van der Waals surface area contributed by atoms with Gasteiger partial charge < -0.3 is 0 Å². The van der Waals surface area contributed by atoms with Crippen molar-refractivity contribution in [1.82, 2.24) is 0 Å². The van der Waals surface area contributed by atoms with Gasteiger partial charge in [-0.05, 0) is 18.6 Å². The molecular weight excluding hydrogens is 116 g/mol. The van der Waals surface area contributed by atoms with E-state index in [0.717, 1.165) is 12.2 Å². The van der Waals surface area contributed by atoms with Crippen LogP contribution in [0.5, 0.6) is 0 Å². The first-order valence-electron chi connectivity index (χ1n) is 2.89. The Kier molecular flexibility index (Phi) is 6.83. The standard InChI is InChI=1S/C7H11S/c1-3-5-7-8-6-4-2/h4-7H2,2H3. The molecule has 0 atom stereocenters. The van der Waals surface area contributed by atoms with Crippen LogP contribution < -0.4 is 0 Å². The molecule has 0 heterocycles. The maximum absolute atomic E-state index is 6.57. The molecule has 0 fully saturated rings. The third-order valence-electron chi connectivity index (χ3n) is 0.720. The zero-order valence-corrected chi connectivity index (χ0v) is 6.05. The Labute approximate surface area is 56.1 Å². The summed E-state index contributed by atoms with van der Waals surface area (Å²) in [6, 6.07) is 0. The van der Waals surface area contributed by atoms with Crippen molar-refractivity contribution in [3.8, 4) is 5.92 Å². The van der Waals surface area contributed by atoms with Crippen molar-refractivity contribution in [2.45, 2.75) is 19.8 Å². The highest BCUT2D eigenvalue weighted by Crippen LogP contribution is 2.02. The lowest BCUT2D eigenvalue weighted by molar-refractivity contribution is 1.10. The molecular formula is C7H11S. The summed E-state index contributed by atoms with van der Waals surface area (Å²) in [5, 5.41) is 0. The van der Waals surface area contributed by atoms with Gasteiger partial charge in [0, 0.05) is 12.2 Å². The maximum atomic E-state index is 6.57. The monoisotopic (exact) mass is 127 g/mol. The lowest BCUT2D eigenvalue weighted by Crippen LogP contribution is -1.77. The zero-order valence-electron chi connectivity index (χ0n) is 5.24. The van der Waals surface area contributed by atoms with Crippen LogP contribution in [0.3, 0.4) is 0 Å². The fourth-order valence-electron chi connectivity index (χ4n) is 0.370. The quantitative estimate of drug-likeness (QED) is 0.411. The summed E-state index contributed by atoms with van der Waals surface area (Å²) >= 11 is 1.90. The van der Waals surface area contributed by atoms with Gasteiger partial charge in [0.05, 0.1) is 0 Å². The van der Waals surface area contributed by atoms with Crippen LogP contribution >= 0.6 is 11.8 Å². The molecule has 0 N–H and O–H groups in total. The summed E-state index contributed by atoms with van der Waals surface area (Å²) in [6.07, 6.45) is 8.62. The van der Waals surface area contributed by atoms with E-state index in [0.29, 0.717) is 0 Å². The van der Waals surface area contributed by atoms with Gasteiger partial charge in [-0.2, -0.15) is 11.8 Å². The van der Waals surface area contributed by atoms with E-state index in [4.69, 9.17) is 6.42 Å². The fraction of sp³-hybridized carbons (Fsp3) is 0.714. The predicted octanol–water partition coefficient (Wildman–Crippen LogP) is 2.11. The normalized spacial score (nSPS) is 8.50. The summed E-state index contributed by atoms with van der Waals surface area (Å²) in [5.41, 5.74) is 0. The van der Waals surface area contributed by atoms with Crippen molar-refractivity contribution in [2.75, 3.05) is 11.5 Å². The molecule has 45 valence electrons. The minimum Gasteiger partial charge on any atom is -0.161 e. The topological polar surface area (TPSA) is 0 Å². The first kappa shape index (κ1) is 7.91. The summed E-state index contributed by atoms with van der Waals surface area (Å²) in [7, 11) is 0. The number of rotatable bonds is 4. The zero-order chi connectivity index (χ0) is 6.24. The SMILES string of the molecule is [C]#CCCSCCC. The van der Waals surface area contributed by atoms with E-state index in [2.05, 4.69) is 12.8 Å². The molecule has 1 heteroatoms. The van der Waals surface area contributed by atoms with Gasteiger partial charge in [0.25, 0.3) is 0 Å². The molecule has 0 unspecified atom stereocenters.